The highest BCUT2D eigenvalue weighted by atomic mass is 16.6. The molecule has 10 heteroatoms. The number of pyridine rings is 1. The van der Waals surface area contributed by atoms with E-state index >= 15 is 0 Å². The van der Waals surface area contributed by atoms with Crippen LogP contribution in [0.1, 0.15) is 36.0 Å². The van der Waals surface area contributed by atoms with Crippen molar-refractivity contribution in [2.75, 3.05) is 37.7 Å². The molecule has 0 saturated heterocycles. The van der Waals surface area contributed by atoms with Crippen molar-refractivity contribution in [1.29, 1.82) is 0 Å². The number of aryl methyl sites for hydroxylation is 2. The lowest BCUT2D eigenvalue weighted by molar-refractivity contribution is -0.697. The van der Waals surface area contributed by atoms with Crippen molar-refractivity contribution < 1.29 is 39.3 Å². The summed E-state index contributed by atoms with van der Waals surface area (Å²) in [6.45, 7) is 2.00. The quantitative estimate of drug-likeness (QED) is 0.169. The Hall–Kier alpha value is -3.89. The molecule has 0 saturated carbocycles. The number of fused-ring (bicyclic) bond motifs is 1. The van der Waals surface area contributed by atoms with Crippen LogP contribution in [0, 0.1) is 0 Å². The number of anilines is 1. The van der Waals surface area contributed by atoms with Crippen LogP contribution in [0.4, 0.5) is 5.69 Å². The van der Waals surface area contributed by atoms with E-state index in [1.807, 2.05) is 23.2 Å². The fourth-order valence-electron chi connectivity index (χ4n) is 4.78. The molecule has 1 amide bonds. The van der Waals surface area contributed by atoms with Crippen LogP contribution in [0.2, 0.25) is 0 Å². The molecule has 1 aromatic carbocycles. The van der Waals surface area contributed by atoms with Crippen molar-refractivity contribution in [1.82, 2.24) is 5.32 Å². The van der Waals surface area contributed by atoms with Crippen molar-refractivity contribution in [3.63, 3.8) is 0 Å². The Labute approximate surface area is 221 Å². The topological polar surface area (TPSA) is 143 Å². The van der Waals surface area contributed by atoms with E-state index in [0.29, 0.717) is 32.6 Å². The van der Waals surface area contributed by atoms with E-state index in [0.717, 1.165) is 30.5 Å². The van der Waals surface area contributed by atoms with Gasteiger partial charge >= 0.3 is 5.97 Å². The standard InChI is InChI=1S/C28H33N3O7/c32-15-13-31(14-16-33)22-7-5-19(6-8-22)17-20-3-1-4-21-18-30(12-9-23(20)21)11-2-10-29-27(36)26-24(34)25(35)28(37)38-26/h5-9,12,17-18,26,32-33H,1-4,10-11,13-16H2,(H2-,29,34,35,36,37)/p+1. The highest BCUT2D eigenvalue weighted by Gasteiger charge is 2.39. The van der Waals surface area contributed by atoms with Gasteiger partial charge in [0.05, 0.1) is 13.2 Å². The SMILES string of the molecule is O=C1OC(C(=O)NCCC[n+]2ccc3c(c2)CCC/C3=C\c2ccc(N(CCO)CCO)cc2)C(O)=C1O. The van der Waals surface area contributed by atoms with Gasteiger partial charge in [-0.1, -0.05) is 18.2 Å². The Kier molecular flexibility index (Phi) is 8.98. The number of aromatic nitrogens is 1. The van der Waals surface area contributed by atoms with Crippen LogP contribution in [0.5, 0.6) is 0 Å². The van der Waals surface area contributed by atoms with Crippen LogP contribution in [0.15, 0.2) is 54.2 Å². The molecule has 0 bridgehead atoms. The first-order chi connectivity index (χ1) is 18.4. The normalized spacial score (nSPS) is 17.9. The second-order valence-corrected chi connectivity index (χ2v) is 9.33. The number of ether oxygens (including phenoxy) is 1. The number of benzene rings is 1. The Morgan fingerprint density at radius 3 is 2.50 bits per heavy atom. The van der Waals surface area contributed by atoms with Crippen LogP contribution in [-0.2, 0) is 27.3 Å². The number of carbonyl (C=O) groups is 2. The molecule has 5 N–H and O–H groups in total. The Bertz CT molecular complexity index is 1220. The molecule has 38 heavy (non-hydrogen) atoms. The number of esters is 1. The zero-order chi connectivity index (χ0) is 27.1. The summed E-state index contributed by atoms with van der Waals surface area (Å²) in [5, 5.41) is 40.1. The number of rotatable bonds is 11. The van der Waals surface area contributed by atoms with Crippen LogP contribution in [-0.4, -0.2) is 71.3 Å². The molecule has 10 nitrogen and oxygen atoms in total. The van der Waals surface area contributed by atoms with Gasteiger partial charge in [0.25, 0.3) is 5.91 Å². The number of allylic oxidation sites excluding steroid dienone is 1. The second-order valence-electron chi connectivity index (χ2n) is 9.33. The summed E-state index contributed by atoms with van der Waals surface area (Å²) >= 11 is 0. The molecule has 0 radical (unpaired) electrons. The second kappa shape index (κ2) is 12.6. The molecular weight excluding hydrogens is 490 g/mol. The first kappa shape index (κ1) is 27.2. The minimum absolute atomic E-state index is 0.0301. The molecular formula is C28H34N3O7+. The predicted octanol–water partition coefficient (Wildman–Crippen LogP) is 1.40. The number of hydrogen-bond acceptors (Lipinski definition) is 8. The molecule has 4 rings (SSSR count). The number of aliphatic hydroxyl groups is 4. The fourth-order valence-corrected chi connectivity index (χ4v) is 4.78. The molecule has 2 aromatic rings. The van der Waals surface area contributed by atoms with E-state index in [-0.39, 0.29) is 13.2 Å². The Morgan fingerprint density at radius 2 is 1.84 bits per heavy atom. The Balaban J connectivity index is 1.34. The fraction of sp³-hybridized carbons (Fsp3) is 0.393. The maximum Gasteiger partial charge on any atom is 0.378 e. The summed E-state index contributed by atoms with van der Waals surface area (Å²) < 4.78 is 6.74. The third kappa shape index (κ3) is 6.32. The summed E-state index contributed by atoms with van der Waals surface area (Å²) in [4.78, 5) is 25.3. The lowest BCUT2D eigenvalue weighted by Crippen LogP contribution is -2.39. The largest absolute Gasteiger partial charge is 0.505 e. The Morgan fingerprint density at radius 1 is 1.11 bits per heavy atom. The van der Waals surface area contributed by atoms with Crippen molar-refractivity contribution in [3.05, 3.63) is 70.9 Å². The molecule has 1 unspecified atom stereocenters. The van der Waals surface area contributed by atoms with Gasteiger partial charge in [-0.15, -0.1) is 0 Å². The molecule has 2 heterocycles. The van der Waals surface area contributed by atoms with Crippen LogP contribution in [0.25, 0.3) is 11.6 Å². The maximum atomic E-state index is 12.1. The van der Waals surface area contributed by atoms with Gasteiger partial charge in [0, 0.05) is 43.4 Å². The highest BCUT2D eigenvalue weighted by molar-refractivity contribution is 5.96. The molecule has 1 atom stereocenters. The average molecular weight is 525 g/mol. The van der Waals surface area contributed by atoms with Gasteiger partial charge < -0.3 is 35.4 Å². The van der Waals surface area contributed by atoms with Gasteiger partial charge in [-0.05, 0) is 48.1 Å². The molecule has 1 aromatic heterocycles. The van der Waals surface area contributed by atoms with Crippen LogP contribution >= 0.6 is 0 Å². The number of nitrogens with one attached hydrogen (secondary N) is 1. The van der Waals surface area contributed by atoms with Gasteiger partial charge in [0.1, 0.15) is 6.54 Å². The lowest BCUT2D eigenvalue weighted by Gasteiger charge is -2.23. The van der Waals surface area contributed by atoms with Crippen molar-refractivity contribution >= 4 is 29.2 Å². The monoisotopic (exact) mass is 524 g/mol. The minimum atomic E-state index is -1.50. The maximum absolute atomic E-state index is 12.1. The van der Waals surface area contributed by atoms with E-state index in [1.165, 1.54) is 16.7 Å². The number of nitrogens with zero attached hydrogens (tertiary/aromatic N) is 2. The van der Waals surface area contributed by atoms with Crippen LogP contribution in [0.3, 0.4) is 0 Å². The number of aliphatic hydroxyl groups excluding tert-OH is 4. The number of amides is 1. The van der Waals surface area contributed by atoms with Gasteiger partial charge in [0.15, 0.2) is 18.2 Å². The molecule has 0 fully saturated rings. The average Bonchev–Trinajstić information content (AvgIpc) is 3.18. The third-order valence-corrected chi connectivity index (χ3v) is 6.72. The van der Waals surface area contributed by atoms with Crippen LogP contribution < -0.4 is 14.8 Å². The summed E-state index contributed by atoms with van der Waals surface area (Å²) in [6, 6.07) is 10.3. The minimum Gasteiger partial charge on any atom is -0.505 e. The summed E-state index contributed by atoms with van der Waals surface area (Å²) in [7, 11) is 0. The smallest absolute Gasteiger partial charge is 0.378 e. The van der Waals surface area contributed by atoms with E-state index in [1.54, 1.807) is 0 Å². The molecule has 202 valence electrons. The van der Waals surface area contributed by atoms with E-state index in [2.05, 4.69) is 45.1 Å². The number of hydrogen-bond donors (Lipinski definition) is 5. The molecule has 1 aliphatic heterocycles. The first-order valence-electron chi connectivity index (χ1n) is 12.8. The molecule has 0 spiro atoms. The van der Waals surface area contributed by atoms with E-state index in [9.17, 15) is 30.0 Å². The van der Waals surface area contributed by atoms with Gasteiger partial charge in [-0.3, -0.25) is 4.79 Å². The van der Waals surface area contributed by atoms with Crippen molar-refractivity contribution in [2.45, 2.75) is 38.3 Å². The van der Waals surface area contributed by atoms with Crippen molar-refractivity contribution in [3.8, 4) is 0 Å². The number of cyclic esters (lactones) is 1. The number of carbonyl (C=O) groups excluding carboxylic acids is 2. The predicted molar refractivity (Wildman–Crippen MR) is 140 cm³/mol. The zero-order valence-corrected chi connectivity index (χ0v) is 21.2. The lowest BCUT2D eigenvalue weighted by atomic mass is 9.87. The molecule has 2 aliphatic rings. The van der Waals surface area contributed by atoms with E-state index in [4.69, 9.17) is 0 Å². The van der Waals surface area contributed by atoms with E-state index < -0.39 is 29.5 Å². The summed E-state index contributed by atoms with van der Waals surface area (Å²) in [5.74, 6) is -3.47. The third-order valence-electron chi connectivity index (χ3n) is 6.72. The van der Waals surface area contributed by atoms with Crippen molar-refractivity contribution in [2.24, 2.45) is 0 Å². The summed E-state index contributed by atoms with van der Waals surface area (Å²) in [6.07, 6.45) is 8.54. The van der Waals surface area contributed by atoms with Gasteiger partial charge in [-0.2, -0.15) is 0 Å². The zero-order valence-electron chi connectivity index (χ0n) is 21.2. The highest BCUT2D eigenvalue weighted by Crippen LogP contribution is 2.31. The molecule has 1 aliphatic carbocycles. The van der Waals surface area contributed by atoms with Gasteiger partial charge in [0.2, 0.25) is 11.9 Å². The summed E-state index contributed by atoms with van der Waals surface area (Å²) in [5.41, 5.74) is 5.85. The van der Waals surface area contributed by atoms with Gasteiger partial charge in [-0.25, -0.2) is 9.36 Å². The first-order valence-corrected chi connectivity index (χ1v) is 12.8.